The maximum absolute atomic E-state index is 12.8. The number of carbonyl (C=O) groups excluding carboxylic acids is 4. The van der Waals surface area contributed by atoms with Crippen LogP contribution in [0.4, 0.5) is 0 Å². The smallest absolute Gasteiger partial charge is 0.273 e. The molecule has 0 saturated carbocycles. The summed E-state index contributed by atoms with van der Waals surface area (Å²) in [5, 5.41) is 1.33. The van der Waals surface area contributed by atoms with Gasteiger partial charge in [0.2, 0.25) is 11.8 Å². The number of nitrogens with zero attached hydrogens (tertiary/aromatic N) is 2. The summed E-state index contributed by atoms with van der Waals surface area (Å²) in [5.41, 5.74) is 0.383. The average molecular weight is 727 g/mol. The van der Waals surface area contributed by atoms with Gasteiger partial charge >= 0.3 is 0 Å². The molecule has 0 spiro atoms. The van der Waals surface area contributed by atoms with Crippen molar-refractivity contribution in [3.8, 4) is 0 Å². The van der Waals surface area contributed by atoms with Gasteiger partial charge in [-0.25, -0.2) is 21.7 Å². The van der Waals surface area contributed by atoms with Crippen molar-refractivity contribution in [1.29, 1.82) is 0 Å². The summed E-state index contributed by atoms with van der Waals surface area (Å²) in [6, 6.07) is 5.74. The summed E-state index contributed by atoms with van der Waals surface area (Å²) in [7, 11) is 0. The number of hydrazine groups is 2. The van der Waals surface area contributed by atoms with E-state index in [4.69, 9.17) is 11.7 Å². The van der Waals surface area contributed by atoms with Crippen LogP contribution in [0, 0.1) is 0 Å². The van der Waals surface area contributed by atoms with Crippen LogP contribution in [0.25, 0.3) is 0 Å². The van der Waals surface area contributed by atoms with Gasteiger partial charge in [-0.15, -0.1) is 0 Å². The maximum atomic E-state index is 12.8. The number of carbonyl (C=O) groups is 4. The highest BCUT2D eigenvalue weighted by Gasteiger charge is 2.22. The Bertz CT molecular complexity index is 978. The Labute approximate surface area is 318 Å². The van der Waals surface area contributed by atoms with Crippen molar-refractivity contribution in [3.05, 3.63) is 35.4 Å². The van der Waals surface area contributed by atoms with E-state index in [1.807, 2.05) is 0 Å². The van der Waals surface area contributed by atoms with Gasteiger partial charge in [0.15, 0.2) is 0 Å². The van der Waals surface area contributed by atoms with E-state index in [0.29, 0.717) is 22.9 Å². The molecule has 0 atom stereocenters. The van der Waals surface area contributed by atoms with E-state index in [0.717, 1.165) is 25.7 Å². The molecule has 4 N–H and O–H groups in total. The molecular formula is C44H78N4O4. The van der Waals surface area contributed by atoms with Crippen molar-refractivity contribution in [3.63, 3.8) is 0 Å². The molecule has 52 heavy (non-hydrogen) atoms. The van der Waals surface area contributed by atoms with Crippen LogP contribution in [-0.2, 0) is 9.59 Å². The van der Waals surface area contributed by atoms with Crippen LogP contribution in [0.5, 0.6) is 0 Å². The minimum atomic E-state index is -0.626. The van der Waals surface area contributed by atoms with Crippen LogP contribution in [-0.4, -0.2) is 33.6 Å². The monoisotopic (exact) mass is 727 g/mol. The third-order valence-corrected chi connectivity index (χ3v) is 10.3. The Morgan fingerprint density at radius 1 is 0.365 bits per heavy atom. The van der Waals surface area contributed by atoms with Gasteiger partial charge < -0.3 is 0 Å². The highest BCUT2D eigenvalue weighted by molar-refractivity contribution is 6.06. The molecule has 0 fully saturated rings. The molecule has 0 heterocycles. The lowest BCUT2D eigenvalue weighted by molar-refractivity contribution is -0.129. The highest BCUT2D eigenvalue weighted by atomic mass is 16.2. The first-order valence-corrected chi connectivity index (χ1v) is 21.7. The second-order valence-electron chi connectivity index (χ2n) is 15.1. The van der Waals surface area contributed by atoms with Crippen molar-refractivity contribution in [2.24, 2.45) is 11.7 Å². The van der Waals surface area contributed by atoms with E-state index >= 15 is 0 Å². The molecule has 298 valence electrons. The molecule has 0 unspecified atom stereocenters. The SMILES string of the molecule is CCCCCCCCCCCCCCCCCC(=O)N(N)C(=O)c1ccc(C(=O)N(N)C(=O)CCCCCCCCCCCCCCCCC)cc1. The normalized spacial score (nSPS) is 11.2. The predicted molar refractivity (Wildman–Crippen MR) is 216 cm³/mol. The fourth-order valence-electron chi connectivity index (χ4n) is 6.80. The molecule has 0 bridgehead atoms. The summed E-state index contributed by atoms with van der Waals surface area (Å²) in [6.07, 6.45) is 37.7. The summed E-state index contributed by atoms with van der Waals surface area (Å²) in [6.45, 7) is 4.52. The number of unbranched alkanes of at least 4 members (excludes halogenated alkanes) is 28. The van der Waals surface area contributed by atoms with Gasteiger partial charge in [0.25, 0.3) is 11.8 Å². The molecule has 0 saturated heterocycles. The third kappa shape index (κ3) is 23.9. The van der Waals surface area contributed by atoms with Gasteiger partial charge in [-0.05, 0) is 37.1 Å². The fourth-order valence-corrected chi connectivity index (χ4v) is 6.80. The zero-order valence-corrected chi connectivity index (χ0v) is 33.6. The first-order chi connectivity index (χ1) is 25.3. The van der Waals surface area contributed by atoms with Gasteiger partial charge in [-0.2, -0.15) is 0 Å². The number of benzene rings is 1. The van der Waals surface area contributed by atoms with E-state index in [9.17, 15) is 19.2 Å². The number of hydrogen-bond acceptors (Lipinski definition) is 6. The van der Waals surface area contributed by atoms with Crippen LogP contribution in [0.3, 0.4) is 0 Å². The first kappa shape index (κ1) is 47.4. The van der Waals surface area contributed by atoms with E-state index in [1.54, 1.807) is 0 Å². The third-order valence-electron chi connectivity index (χ3n) is 10.3. The molecule has 8 heteroatoms. The van der Waals surface area contributed by atoms with E-state index in [2.05, 4.69) is 13.8 Å². The van der Waals surface area contributed by atoms with Crippen molar-refractivity contribution < 1.29 is 19.2 Å². The zero-order chi connectivity index (χ0) is 38.1. The second kappa shape index (κ2) is 33.0. The molecule has 1 rings (SSSR count). The Hall–Kier alpha value is -2.58. The van der Waals surface area contributed by atoms with Crippen molar-refractivity contribution in [1.82, 2.24) is 10.0 Å². The van der Waals surface area contributed by atoms with Gasteiger partial charge in [0.1, 0.15) is 0 Å². The molecule has 0 aromatic heterocycles. The lowest BCUT2D eigenvalue weighted by atomic mass is 10.0. The van der Waals surface area contributed by atoms with Crippen LogP contribution in [0.2, 0.25) is 0 Å². The number of amides is 4. The molecule has 1 aromatic rings. The van der Waals surface area contributed by atoms with Gasteiger partial charge in [0.05, 0.1) is 0 Å². The van der Waals surface area contributed by atoms with Crippen molar-refractivity contribution in [2.75, 3.05) is 0 Å². The molecule has 8 nitrogen and oxygen atoms in total. The Morgan fingerprint density at radius 2 is 0.558 bits per heavy atom. The Balaban J connectivity index is 2.15. The molecule has 0 aliphatic rings. The topological polar surface area (TPSA) is 127 Å². The van der Waals surface area contributed by atoms with Gasteiger partial charge in [0, 0.05) is 24.0 Å². The number of rotatable bonds is 34. The molecule has 4 amide bonds. The largest absolute Gasteiger partial charge is 0.274 e. The van der Waals surface area contributed by atoms with E-state index < -0.39 is 23.6 Å². The lowest BCUT2D eigenvalue weighted by Gasteiger charge is -2.16. The zero-order valence-electron chi connectivity index (χ0n) is 33.6. The maximum Gasteiger partial charge on any atom is 0.274 e. The standard InChI is InChI=1S/C44H78N4O4/c1-3-5-7-9-11-13-15-17-19-21-23-25-27-29-31-33-41(49)47(45)43(51)39-35-37-40(38-36-39)44(52)48(46)42(50)34-32-30-28-26-24-22-20-18-16-14-12-10-8-6-4-2/h35-38H,3-34,45-46H2,1-2H3. The Morgan fingerprint density at radius 3 is 0.769 bits per heavy atom. The summed E-state index contributed by atoms with van der Waals surface area (Å²) >= 11 is 0. The summed E-state index contributed by atoms with van der Waals surface area (Å²) in [4.78, 5) is 50.7. The van der Waals surface area contributed by atoms with Gasteiger partial charge in [-0.3, -0.25) is 19.2 Å². The molecular weight excluding hydrogens is 649 g/mol. The van der Waals surface area contributed by atoms with Crippen molar-refractivity contribution >= 4 is 23.6 Å². The number of nitrogens with two attached hydrogens (primary N) is 2. The Kier molecular flexibility index (Phi) is 30.1. The fraction of sp³-hybridized carbons (Fsp3) is 0.773. The van der Waals surface area contributed by atoms with Crippen LogP contribution < -0.4 is 11.7 Å². The van der Waals surface area contributed by atoms with Crippen LogP contribution in [0.15, 0.2) is 24.3 Å². The average Bonchev–Trinajstić information content (AvgIpc) is 3.16. The minimum absolute atomic E-state index is 0.191. The lowest BCUT2D eigenvalue weighted by Crippen LogP contribution is -2.43. The van der Waals surface area contributed by atoms with E-state index in [-0.39, 0.29) is 24.0 Å². The van der Waals surface area contributed by atoms with Crippen LogP contribution in [0.1, 0.15) is 240 Å². The summed E-state index contributed by atoms with van der Waals surface area (Å²) in [5.74, 6) is 9.64. The molecule has 0 aliphatic carbocycles. The summed E-state index contributed by atoms with van der Waals surface area (Å²) < 4.78 is 0. The van der Waals surface area contributed by atoms with Gasteiger partial charge in [-0.1, -0.05) is 194 Å². The molecule has 1 aromatic carbocycles. The quantitative estimate of drug-likeness (QED) is 0.0315. The van der Waals surface area contributed by atoms with E-state index in [1.165, 1.54) is 178 Å². The second-order valence-corrected chi connectivity index (χ2v) is 15.1. The highest BCUT2D eigenvalue weighted by Crippen LogP contribution is 2.16. The molecule has 0 radical (unpaired) electrons. The minimum Gasteiger partial charge on any atom is -0.273 e. The first-order valence-electron chi connectivity index (χ1n) is 21.7. The number of hydrogen-bond donors (Lipinski definition) is 2. The predicted octanol–water partition coefficient (Wildman–Crippen LogP) is 11.9. The van der Waals surface area contributed by atoms with Crippen LogP contribution >= 0.6 is 0 Å². The number of imide groups is 2. The molecule has 0 aliphatic heterocycles. The van der Waals surface area contributed by atoms with Crippen molar-refractivity contribution in [2.45, 2.75) is 219 Å².